The molecule has 3 rings (SSSR count). The number of hydrazone groups is 1. The third-order valence-electron chi connectivity index (χ3n) is 3.64. The Kier molecular flexibility index (Phi) is 4.35. The lowest BCUT2D eigenvalue weighted by atomic mass is 9.91. The first-order valence-corrected chi connectivity index (χ1v) is 7.78. The molecule has 0 fully saturated rings. The molecule has 5 heteroatoms. The van der Waals surface area contributed by atoms with Crippen molar-refractivity contribution in [2.45, 2.75) is 12.8 Å². The van der Waals surface area contributed by atoms with Crippen molar-refractivity contribution >= 4 is 23.6 Å². The van der Waals surface area contributed by atoms with Crippen LogP contribution in [-0.4, -0.2) is 31.1 Å². The van der Waals surface area contributed by atoms with Gasteiger partial charge in [-0.15, -0.1) is 0 Å². The Labute approximate surface area is 140 Å². The van der Waals surface area contributed by atoms with Crippen molar-refractivity contribution in [3.8, 4) is 5.75 Å². The number of benzene rings is 1. The van der Waals surface area contributed by atoms with Gasteiger partial charge in [0.05, 0.1) is 5.56 Å². The number of carbonyl (C=O) groups excluding carboxylic acids is 1. The molecule has 0 spiro atoms. The standard InChI is InChI=1S/C18H17ClN2O2/c1-21(2)20-10-9-14-13-5-3-4-6-16(13)23-17-8-7-12(19)11-15(17)18(14)22/h4,6-11H,3,5H2,1-2H3. The highest BCUT2D eigenvalue weighted by molar-refractivity contribution is 6.31. The molecule has 4 nitrogen and oxygen atoms in total. The molecule has 118 valence electrons. The molecule has 1 aliphatic carbocycles. The summed E-state index contributed by atoms with van der Waals surface area (Å²) in [5.41, 5.74) is 2.00. The Morgan fingerprint density at radius 3 is 2.96 bits per heavy atom. The number of rotatable bonds is 2. The van der Waals surface area contributed by atoms with E-state index in [-0.39, 0.29) is 5.78 Å². The third-order valence-corrected chi connectivity index (χ3v) is 3.88. The van der Waals surface area contributed by atoms with E-state index in [4.69, 9.17) is 16.3 Å². The highest BCUT2D eigenvalue weighted by Crippen LogP contribution is 2.37. The molecule has 23 heavy (non-hydrogen) atoms. The molecular weight excluding hydrogens is 312 g/mol. The van der Waals surface area contributed by atoms with Gasteiger partial charge in [-0.2, -0.15) is 5.10 Å². The van der Waals surface area contributed by atoms with Gasteiger partial charge in [0.2, 0.25) is 0 Å². The Morgan fingerprint density at radius 2 is 2.17 bits per heavy atom. The van der Waals surface area contributed by atoms with Crippen LogP contribution in [0.15, 0.2) is 58.4 Å². The number of fused-ring (bicyclic) bond motifs is 1. The molecule has 0 saturated carbocycles. The van der Waals surface area contributed by atoms with Crippen LogP contribution in [0.5, 0.6) is 5.75 Å². The monoisotopic (exact) mass is 328 g/mol. The maximum Gasteiger partial charge on any atom is 0.197 e. The van der Waals surface area contributed by atoms with Crippen molar-refractivity contribution in [3.63, 3.8) is 0 Å². The van der Waals surface area contributed by atoms with Crippen LogP contribution in [0.1, 0.15) is 23.2 Å². The molecule has 0 atom stereocenters. The second kappa shape index (κ2) is 6.42. The highest BCUT2D eigenvalue weighted by atomic mass is 35.5. The molecule has 1 aromatic rings. The van der Waals surface area contributed by atoms with Crippen LogP contribution in [0.4, 0.5) is 0 Å². The summed E-state index contributed by atoms with van der Waals surface area (Å²) in [7, 11) is 3.66. The van der Waals surface area contributed by atoms with Gasteiger partial charge in [-0.05, 0) is 43.2 Å². The number of halogens is 1. The van der Waals surface area contributed by atoms with Gasteiger partial charge < -0.3 is 9.75 Å². The van der Waals surface area contributed by atoms with Gasteiger partial charge in [0.1, 0.15) is 11.5 Å². The topological polar surface area (TPSA) is 41.9 Å². The van der Waals surface area contributed by atoms with Gasteiger partial charge in [0.15, 0.2) is 5.78 Å². The van der Waals surface area contributed by atoms with E-state index in [0.717, 1.165) is 24.2 Å². The Morgan fingerprint density at radius 1 is 1.35 bits per heavy atom. The second-order valence-electron chi connectivity index (χ2n) is 5.55. The quantitative estimate of drug-likeness (QED) is 0.468. The zero-order valence-corrected chi connectivity index (χ0v) is 13.8. The predicted molar refractivity (Wildman–Crippen MR) is 92.1 cm³/mol. The summed E-state index contributed by atoms with van der Waals surface area (Å²) in [6.07, 6.45) is 9.00. The summed E-state index contributed by atoms with van der Waals surface area (Å²) < 4.78 is 5.96. The number of ketones is 1. The van der Waals surface area contributed by atoms with Crippen molar-refractivity contribution < 1.29 is 9.53 Å². The van der Waals surface area contributed by atoms with Crippen molar-refractivity contribution in [3.05, 3.63) is 63.9 Å². The van der Waals surface area contributed by atoms with E-state index in [9.17, 15) is 4.79 Å². The van der Waals surface area contributed by atoms with Crippen LogP contribution < -0.4 is 4.74 Å². The molecule has 0 amide bonds. The predicted octanol–water partition coefficient (Wildman–Crippen LogP) is 3.99. The number of allylic oxidation sites excluding steroid dienone is 5. The number of hydrogen-bond acceptors (Lipinski definition) is 4. The SMILES string of the molecule is CN(C)N=CC=C1C(=O)c2cc(Cl)ccc2OC2=C1CCC=C2. The minimum Gasteiger partial charge on any atom is -0.456 e. The van der Waals surface area contributed by atoms with E-state index in [2.05, 4.69) is 11.2 Å². The summed E-state index contributed by atoms with van der Waals surface area (Å²) in [4.78, 5) is 13.0. The fourth-order valence-corrected chi connectivity index (χ4v) is 2.76. The van der Waals surface area contributed by atoms with Crippen LogP contribution in [0.2, 0.25) is 5.02 Å². The van der Waals surface area contributed by atoms with Crippen molar-refractivity contribution in [1.82, 2.24) is 5.01 Å². The van der Waals surface area contributed by atoms with Crippen molar-refractivity contribution in [2.24, 2.45) is 5.10 Å². The average molecular weight is 329 g/mol. The lowest BCUT2D eigenvalue weighted by Gasteiger charge is -2.14. The lowest BCUT2D eigenvalue weighted by molar-refractivity contribution is 0.103. The van der Waals surface area contributed by atoms with Gasteiger partial charge in [-0.1, -0.05) is 17.7 Å². The number of hydrogen-bond donors (Lipinski definition) is 0. The Bertz CT molecular complexity index is 773. The molecular formula is C18H17ClN2O2. The Hall–Kier alpha value is -2.33. The first-order chi connectivity index (χ1) is 11.1. The van der Waals surface area contributed by atoms with Gasteiger partial charge in [0, 0.05) is 36.5 Å². The number of ether oxygens (including phenoxy) is 1. The number of carbonyl (C=O) groups is 1. The minimum absolute atomic E-state index is 0.0898. The smallest absolute Gasteiger partial charge is 0.197 e. The van der Waals surface area contributed by atoms with E-state index in [1.807, 2.05) is 20.2 Å². The zero-order valence-electron chi connectivity index (χ0n) is 13.0. The van der Waals surface area contributed by atoms with Gasteiger partial charge in [-0.3, -0.25) is 4.79 Å². The third kappa shape index (κ3) is 3.22. The minimum atomic E-state index is -0.0898. The molecule has 0 bridgehead atoms. The largest absolute Gasteiger partial charge is 0.456 e. The van der Waals surface area contributed by atoms with E-state index >= 15 is 0 Å². The molecule has 0 radical (unpaired) electrons. The molecule has 0 saturated heterocycles. The molecule has 2 aliphatic rings. The zero-order chi connectivity index (χ0) is 16.4. The van der Waals surface area contributed by atoms with Gasteiger partial charge >= 0.3 is 0 Å². The highest BCUT2D eigenvalue weighted by Gasteiger charge is 2.28. The second-order valence-corrected chi connectivity index (χ2v) is 5.98. The van der Waals surface area contributed by atoms with E-state index in [1.54, 1.807) is 35.5 Å². The Balaban J connectivity index is 2.14. The maximum atomic E-state index is 13.0. The lowest BCUT2D eigenvalue weighted by Crippen LogP contribution is -2.08. The van der Waals surface area contributed by atoms with Crippen LogP contribution in [0.25, 0.3) is 0 Å². The summed E-state index contributed by atoms with van der Waals surface area (Å²) in [5, 5.41) is 6.35. The molecule has 0 aromatic heterocycles. The molecule has 0 unspecified atom stereocenters. The van der Waals surface area contributed by atoms with Crippen molar-refractivity contribution in [2.75, 3.05) is 14.1 Å². The van der Waals surface area contributed by atoms with E-state index < -0.39 is 0 Å². The summed E-state index contributed by atoms with van der Waals surface area (Å²) in [6, 6.07) is 5.11. The molecule has 1 heterocycles. The average Bonchev–Trinajstić information content (AvgIpc) is 2.63. The van der Waals surface area contributed by atoms with E-state index in [0.29, 0.717) is 21.9 Å². The fraction of sp³-hybridized carbons (Fsp3) is 0.222. The number of nitrogens with zero attached hydrogens (tertiary/aromatic N) is 2. The molecule has 0 N–H and O–H groups in total. The van der Waals surface area contributed by atoms with Crippen LogP contribution in [0.3, 0.4) is 0 Å². The first kappa shape index (κ1) is 15.6. The van der Waals surface area contributed by atoms with Gasteiger partial charge in [-0.25, -0.2) is 0 Å². The van der Waals surface area contributed by atoms with E-state index in [1.165, 1.54) is 0 Å². The summed E-state index contributed by atoms with van der Waals surface area (Å²) >= 11 is 6.05. The summed E-state index contributed by atoms with van der Waals surface area (Å²) in [5.74, 6) is 1.16. The van der Waals surface area contributed by atoms with Crippen LogP contribution in [0, 0.1) is 0 Å². The van der Waals surface area contributed by atoms with Crippen LogP contribution >= 0.6 is 11.6 Å². The van der Waals surface area contributed by atoms with Crippen molar-refractivity contribution in [1.29, 1.82) is 0 Å². The number of Topliss-reactive ketones (excluding diaryl/α,β-unsaturated/α-hetero) is 1. The normalized spacial score (nSPS) is 18.7. The van der Waals surface area contributed by atoms with Gasteiger partial charge in [0.25, 0.3) is 0 Å². The summed E-state index contributed by atoms with van der Waals surface area (Å²) in [6.45, 7) is 0. The van der Waals surface area contributed by atoms with Crippen LogP contribution in [-0.2, 0) is 0 Å². The fourth-order valence-electron chi connectivity index (χ4n) is 2.59. The molecule has 1 aliphatic heterocycles. The maximum absolute atomic E-state index is 13.0. The molecule has 1 aromatic carbocycles. The first-order valence-electron chi connectivity index (χ1n) is 7.40.